The molecule has 1 aliphatic rings. The molecule has 0 aliphatic carbocycles. The van der Waals surface area contributed by atoms with Crippen LogP contribution in [0.3, 0.4) is 0 Å². The van der Waals surface area contributed by atoms with Gasteiger partial charge in [-0.1, -0.05) is 26.8 Å². The lowest BCUT2D eigenvalue weighted by Gasteiger charge is -2.17. The first kappa shape index (κ1) is 18.6. The van der Waals surface area contributed by atoms with Crippen molar-refractivity contribution in [1.82, 2.24) is 9.55 Å². The third kappa shape index (κ3) is 3.05. The molecule has 0 spiro atoms. The lowest BCUT2D eigenvalue weighted by molar-refractivity contribution is -0.117. The molecule has 0 atom stereocenters. The Kier molecular flexibility index (Phi) is 5.18. The van der Waals surface area contributed by atoms with Gasteiger partial charge in [0.15, 0.2) is 5.69 Å². The summed E-state index contributed by atoms with van der Waals surface area (Å²) in [5.41, 5.74) is 2.92. The van der Waals surface area contributed by atoms with Crippen molar-refractivity contribution in [3.63, 3.8) is 0 Å². The normalized spacial score (nSPS) is 13.5. The highest BCUT2D eigenvalue weighted by Gasteiger charge is 2.37. The molecule has 1 aliphatic heterocycles. The Morgan fingerprint density at radius 2 is 2.08 bits per heavy atom. The summed E-state index contributed by atoms with van der Waals surface area (Å²) >= 11 is 3.58. The lowest BCUT2D eigenvalue weighted by atomic mass is 10.0. The fourth-order valence-corrected chi connectivity index (χ4v) is 3.68. The number of carbonyl (C=O) groups excluding carboxylic acids is 2. The molecule has 0 N–H and O–H groups in total. The van der Waals surface area contributed by atoms with E-state index in [2.05, 4.69) is 34.8 Å². The van der Waals surface area contributed by atoms with Crippen molar-refractivity contribution in [2.75, 3.05) is 11.5 Å². The number of benzene rings is 1. The second-order valence-electron chi connectivity index (χ2n) is 6.46. The van der Waals surface area contributed by atoms with Crippen LogP contribution in [0.4, 0.5) is 11.6 Å². The number of carbonyl (C=O) groups is 2. The molecule has 1 aromatic carbocycles. The number of rotatable bonds is 5. The first-order valence-electron chi connectivity index (χ1n) is 8.77. The number of hydrogen-bond donors (Lipinski definition) is 0. The summed E-state index contributed by atoms with van der Waals surface area (Å²) in [5, 5.41) is 0. The molecular formula is C19H22BrN3O3. The quantitative estimate of drug-likeness (QED) is 0.681. The molecule has 26 heavy (non-hydrogen) atoms. The van der Waals surface area contributed by atoms with Gasteiger partial charge in [0.25, 0.3) is 5.91 Å². The first-order chi connectivity index (χ1) is 12.4. The van der Waals surface area contributed by atoms with Crippen LogP contribution in [0.2, 0.25) is 0 Å². The highest BCUT2D eigenvalue weighted by Crippen LogP contribution is 2.38. The van der Waals surface area contributed by atoms with Gasteiger partial charge in [0, 0.05) is 4.47 Å². The van der Waals surface area contributed by atoms with Gasteiger partial charge < -0.3 is 4.74 Å². The maximum Gasteiger partial charge on any atom is 0.356 e. The lowest BCUT2D eigenvalue weighted by Crippen LogP contribution is -2.22. The Bertz CT molecular complexity index is 873. The number of esters is 1. The summed E-state index contributed by atoms with van der Waals surface area (Å²) in [5.74, 6) is 0.289. The van der Waals surface area contributed by atoms with Gasteiger partial charge in [-0.15, -0.1) is 0 Å². The number of fused-ring (bicyclic) bond motifs is 1. The summed E-state index contributed by atoms with van der Waals surface area (Å²) < 4.78 is 7.64. The molecule has 0 saturated heterocycles. The van der Waals surface area contributed by atoms with E-state index in [4.69, 9.17) is 4.74 Å². The number of imidazole rings is 1. The van der Waals surface area contributed by atoms with Crippen LogP contribution in [0.15, 0.2) is 22.7 Å². The predicted molar refractivity (Wildman–Crippen MR) is 103 cm³/mol. The maximum atomic E-state index is 12.7. The molecule has 7 heteroatoms. The van der Waals surface area contributed by atoms with Gasteiger partial charge in [-0.05, 0) is 52.9 Å². The second-order valence-corrected chi connectivity index (χ2v) is 7.32. The average Bonchev–Trinajstić information content (AvgIpc) is 3.09. The number of hydrogen-bond acceptors (Lipinski definition) is 4. The van der Waals surface area contributed by atoms with Gasteiger partial charge in [0.05, 0.1) is 18.0 Å². The molecule has 3 rings (SSSR count). The Morgan fingerprint density at radius 3 is 2.65 bits per heavy atom. The van der Waals surface area contributed by atoms with E-state index in [1.807, 2.05) is 25.1 Å². The van der Waals surface area contributed by atoms with Crippen LogP contribution in [-0.4, -0.2) is 28.0 Å². The SMILES string of the molecule is CCOC(=O)c1c(CC)nc2n1CC(=O)N2c1ccc(C(C)C)cc1Br. The van der Waals surface area contributed by atoms with Gasteiger partial charge in [0.1, 0.15) is 6.54 Å². The van der Waals surface area contributed by atoms with E-state index in [0.29, 0.717) is 29.7 Å². The number of ether oxygens (including phenoxy) is 1. The fourth-order valence-electron chi connectivity index (χ4n) is 3.11. The minimum atomic E-state index is -0.438. The topological polar surface area (TPSA) is 64.4 Å². The Hall–Kier alpha value is -2.15. The van der Waals surface area contributed by atoms with Crippen LogP contribution in [0.1, 0.15) is 55.4 Å². The van der Waals surface area contributed by atoms with Crippen molar-refractivity contribution in [3.05, 3.63) is 39.6 Å². The first-order valence-corrected chi connectivity index (χ1v) is 9.57. The molecule has 138 valence electrons. The van der Waals surface area contributed by atoms with Gasteiger partial charge >= 0.3 is 5.97 Å². The standard InChI is InChI=1S/C19H22BrN3O3/c1-5-14-17(18(25)26-6-2)22-10-16(24)23(19(22)21-14)15-8-7-12(11(3)4)9-13(15)20/h7-9,11H,5-6,10H2,1-4H3. The van der Waals surface area contributed by atoms with E-state index in [9.17, 15) is 9.59 Å². The minimum Gasteiger partial charge on any atom is -0.461 e. The van der Waals surface area contributed by atoms with Crippen molar-refractivity contribution < 1.29 is 14.3 Å². The second kappa shape index (κ2) is 7.23. The highest BCUT2D eigenvalue weighted by molar-refractivity contribution is 9.10. The largest absolute Gasteiger partial charge is 0.461 e. The predicted octanol–water partition coefficient (Wildman–Crippen LogP) is 4.19. The number of aromatic nitrogens is 2. The summed E-state index contributed by atoms with van der Waals surface area (Å²) in [6, 6.07) is 5.94. The van der Waals surface area contributed by atoms with Crippen LogP contribution in [0.25, 0.3) is 0 Å². The van der Waals surface area contributed by atoms with Crippen molar-refractivity contribution in [1.29, 1.82) is 0 Å². The Morgan fingerprint density at radius 1 is 1.35 bits per heavy atom. The molecule has 0 fully saturated rings. The molecule has 1 amide bonds. The third-order valence-corrected chi connectivity index (χ3v) is 5.08. The Labute approximate surface area is 161 Å². The minimum absolute atomic E-state index is 0.0782. The van der Waals surface area contributed by atoms with Gasteiger partial charge in [-0.3, -0.25) is 9.36 Å². The number of anilines is 2. The van der Waals surface area contributed by atoms with Crippen molar-refractivity contribution >= 4 is 39.4 Å². The van der Waals surface area contributed by atoms with E-state index in [1.54, 1.807) is 16.4 Å². The molecule has 0 saturated carbocycles. The maximum absolute atomic E-state index is 12.7. The van der Waals surface area contributed by atoms with Gasteiger partial charge in [-0.25, -0.2) is 14.7 Å². The zero-order valence-electron chi connectivity index (χ0n) is 15.4. The molecular weight excluding hydrogens is 398 g/mol. The van der Waals surface area contributed by atoms with E-state index in [-0.39, 0.29) is 19.1 Å². The molecule has 6 nitrogen and oxygen atoms in total. The van der Waals surface area contributed by atoms with Crippen LogP contribution in [-0.2, 0) is 22.5 Å². The highest BCUT2D eigenvalue weighted by atomic mass is 79.9. The van der Waals surface area contributed by atoms with Crippen molar-refractivity contribution in [3.8, 4) is 0 Å². The molecule has 0 bridgehead atoms. The van der Waals surface area contributed by atoms with Crippen LogP contribution >= 0.6 is 15.9 Å². The smallest absolute Gasteiger partial charge is 0.356 e. The monoisotopic (exact) mass is 419 g/mol. The van der Waals surface area contributed by atoms with Crippen LogP contribution < -0.4 is 4.90 Å². The molecule has 2 aromatic rings. The number of aryl methyl sites for hydroxylation is 1. The Balaban J connectivity index is 2.09. The van der Waals surface area contributed by atoms with Gasteiger partial charge in [0.2, 0.25) is 5.95 Å². The zero-order chi connectivity index (χ0) is 19.0. The fraction of sp³-hybridized carbons (Fsp3) is 0.421. The third-order valence-electron chi connectivity index (χ3n) is 4.45. The molecule has 0 radical (unpaired) electrons. The summed E-state index contributed by atoms with van der Waals surface area (Å²) in [4.78, 5) is 31.2. The van der Waals surface area contributed by atoms with Crippen molar-refractivity contribution in [2.45, 2.75) is 46.6 Å². The molecule has 0 unspecified atom stereocenters. The average molecular weight is 420 g/mol. The van der Waals surface area contributed by atoms with Crippen molar-refractivity contribution in [2.24, 2.45) is 0 Å². The number of amides is 1. The van der Waals surface area contributed by atoms with Crippen LogP contribution in [0, 0.1) is 0 Å². The van der Waals surface area contributed by atoms with E-state index < -0.39 is 5.97 Å². The van der Waals surface area contributed by atoms with Gasteiger partial charge in [-0.2, -0.15) is 0 Å². The summed E-state index contributed by atoms with van der Waals surface area (Å²) in [6.07, 6.45) is 0.587. The van der Waals surface area contributed by atoms with E-state index in [0.717, 1.165) is 10.2 Å². The van der Waals surface area contributed by atoms with E-state index in [1.165, 1.54) is 5.56 Å². The number of halogens is 1. The summed E-state index contributed by atoms with van der Waals surface area (Å²) in [6.45, 7) is 8.29. The van der Waals surface area contributed by atoms with E-state index >= 15 is 0 Å². The number of nitrogens with zero attached hydrogens (tertiary/aromatic N) is 3. The zero-order valence-corrected chi connectivity index (χ0v) is 17.0. The summed E-state index contributed by atoms with van der Waals surface area (Å²) in [7, 11) is 0. The molecule has 2 heterocycles. The van der Waals surface area contributed by atoms with Crippen LogP contribution in [0.5, 0.6) is 0 Å². The molecule has 1 aromatic heterocycles.